The maximum Gasteiger partial charge on any atom is 0.158 e. The first kappa shape index (κ1) is 25.4. The van der Waals surface area contributed by atoms with Crippen molar-refractivity contribution in [1.82, 2.24) is 0 Å². The van der Waals surface area contributed by atoms with Gasteiger partial charge in [0, 0.05) is 13.2 Å². The van der Waals surface area contributed by atoms with Crippen molar-refractivity contribution in [2.45, 2.75) is 122 Å². The van der Waals surface area contributed by atoms with Crippen LogP contribution in [0.25, 0.3) is 0 Å². The number of unbranched alkanes of at least 4 members (excludes halogenated alkanes) is 9. The number of aliphatic hydroxyl groups excluding tert-OH is 1. The summed E-state index contributed by atoms with van der Waals surface area (Å²) in [4.78, 5) is 0. The van der Waals surface area contributed by atoms with Gasteiger partial charge in [0.05, 0.1) is 6.10 Å². The Morgan fingerprint density at radius 2 is 1.57 bits per heavy atom. The molecular formula is C25H46O3. The molecule has 0 bridgehead atoms. The molecule has 0 aromatic heterocycles. The molecule has 0 saturated carbocycles. The Morgan fingerprint density at radius 3 is 2.21 bits per heavy atom. The SMILES string of the molecule is CCCC[C@H](/C=C\CCCCCCC/C=C\CCCCO)OC1CCCCO1. The molecule has 1 saturated heterocycles. The topological polar surface area (TPSA) is 38.7 Å². The van der Waals surface area contributed by atoms with Gasteiger partial charge < -0.3 is 14.6 Å². The fourth-order valence-corrected chi connectivity index (χ4v) is 3.54. The van der Waals surface area contributed by atoms with E-state index in [0.717, 1.165) is 38.7 Å². The van der Waals surface area contributed by atoms with Crippen molar-refractivity contribution in [1.29, 1.82) is 0 Å². The molecule has 164 valence electrons. The fraction of sp³-hybridized carbons (Fsp3) is 0.840. The molecular weight excluding hydrogens is 348 g/mol. The van der Waals surface area contributed by atoms with Crippen molar-refractivity contribution in [2.24, 2.45) is 0 Å². The number of hydrogen-bond donors (Lipinski definition) is 1. The third-order valence-electron chi connectivity index (χ3n) is 5.34. The van der Waals surface area contributed by atoms with E-state index in [1.165, 1.54) is 70.6 Å². The summed E-state index contributed by atoms with van der Waals surface area (Å²) in [6.07, 6.45) is 28.6. The van der Waals surface area contributed by atoms with E-state index >= 15 is 0 Å². The molecule has 0 aromatic carbocycles. The Morgan fingerprint density at radius 1 is 0.893 bits per heavy atom. The van der Waals surface area contributed by atoms with Crippen LogP contribution in [0.2, 0.25) is 0 Å². The molecule has 1 rings (SSSR count). The monoisotopic (exact) mass is 394 g/mol. The van der Waals surface area contributed by atoms with Crippen LogP contribution < -0.4 is 0 Å². The molecule has 2 atom stereocenters. The first-order valence-electron chi connectivity index (χ1n) is 12.1. The van der Waals surface area contributed by atoms with Gasteiger partial charge in [-0.3, -0.25) is 0 Å². The third kappa shape index (κ3) is 15.3. The van der Waals surface area contributed by atoms with E-state index in [-0.39, 0.29) is 12.4 Å². The Balaban J connectivity index is 2.01. The van der Waals surface area contributed by atoms with Gasteiger partial charge in [-0.15, -0.1) is 0 Å². The second-order valence-electron chi connectivity index (χ2n) is 8.08. The van der Waals surface area contributed by atoms with Crippen LogP contribution in [0.4, 0.5) is 0 Å². The van der Waals surface area contributed by atoms with Crippen LogP contribution in [0, 0.1) is 0 Å². The molecule has 1 N–H and O–H groups in total. The zero-order valence-electron chi connectivity index (χ0n) is 18.5. The highest BCUT2D eigenvalue weighted by Gasteiger charge is 2.17. The maximum atomic E-state index is 8.73. The van der Waals surface area contributed by atoms with E-state index in [1.54, 1.807) is 0 Å². The van der Waals surface area contributed by atoms with Gasteiger partial charge in [0.25, 0.3) is 0 Å². The van der Waals surface area contributed by atoms with Crippen LogP contribution in [0.1, 0.15) is 110 Å². The number of rotatable bonds is 18. The van der Waals surface area contributed by atoms with Crippen LogP contribution in [-0.2, 0) is 9.47 Å². The Kier molecular flexibility index (Phi) is 17.8. The van der Waals surface area contributed by atoms with E-state index in [1.807, 2.05) is 0 Å². The predicted molar refractivity (Wildman–Crippen MR) is 120 cm³/mol. The van der Waals surface area contributed by atoms with Crippen molar-refractivity contribution in [3.05, 3.63) is 24.3 Å². The van der Waals surface area contributed by atoms with Crippen molar-refractivity contribution < 1.29 is 14.6 Å². The van der Waals surface area contributed by atoms with Gasteiger partial charge >= 0.3 is 0 Å². The lowest BCUT2D eigenvalue weighted by molar-refractivity contribution is -0.179. The van der Waals surface area contributed by atoms with E-state index in [2.05, 4.69) is 31.2 Å². The Labute approximate surface area is 174 Å². The van der Waals surface area contributed by atoms with Crippen LogP contribution in [0.15, 0.2) is 24.3 Å². The lowest BCUT2D eigenvalue weighted by Gasteiger charge is -2.26. The number of aliphatic hydroxyl groups is 1. The zero-order valence-corrected chi connectivity index (χ0v) is 18.5. The summed E-state index contributed by atoms with van der Waals surface area (Å²) in [6.45, 7) is 3.42. The van der Waals surface area contributed by atoms with E-state index < -0.39 is 0 Å². The molecule has 3 heteroatoms. The van der Waals surface area contributed by atoms with Crippen molar-refractivity contribution in [2.75, 3.05) is 13.2 Å². The maximum absolute atomic E-state index is 8.73. The first-order valence-corrected chi connectivity index (χ1v) is 12.1. The van der Waals surface area contributed by atoms with Crippen molar-refractivity contribution >= 4 is 0 Å². The molecule has 0 amide bonds. The number of allylic oxidation sites excluding steroid dienone is 3. The highest BCUT2D eigenvalue weighted by atomic mass is 16.7. The van der Waals surface area contributed by atoms with Gasteiger partial charge in [-0.2, -0.15) is 0 Å². The molecule has 0 aliphatic carbocycles. The van der Waals surface area contributed by atoms with Crippen molar-refractivity contribution in [3.63, 3.8) is 0 Å². The van der Waals surface area contributed by atoms with Crippen molar-refractivity contribution in [3.8, 4) is 0 Å². The molecule has 1 aliphatic heterocycles. The lowest BCUT2D eigenvalue weighted by atomic mass is 10.1. The summed E-state index contributed by atoms with van der Waals surface area (Å²) in [5, 5.41) is 8.73. The minimum absolute atomic E-state index is 0.0176. The second kappa shape index (κ2) is 19.7. The van der Waals surface area contributed by atoms with Crippen LogP contribution in [0.3, 0.4) is 0 Å². The number of ether oxygens (including phenoxy) is 2. The van der Waals surface area contributed by atoms with E-state index in [4.69, 9.17) is 14.6 Å². The average molecular weight is 395 g/mol. The average Bonchev–Trinajstić information content (AvgIpc) is 2.72. The summed E-state index contributed by atoms with van der Waals surface area (Å²) < 4.78 is 11.9. The fourth-order valence-electron chi connectivity index (χ4n) is 3.54. The largest absolute Gasteiger partial charge is 0.396 e. The summed E-state index contributed by atoms with van der Waals surface area (Å²) in [5.74, 6) is 0. The van der Waals surface area contributed by atoms with Gasteiger partial charge in [-0.05, 0) is 70.6 Å². The normalized spacial score (nSPS) is 19.0. The zero-order chi connectivity index (χ0) is 20.1. The number of hydrogen-bond acceptors (Lipinski definition) is 3. The minimum Gasteiger partial charge on any atom is -0.396 e. The van der Waals surface area contributed by atoms with Crippen LogP contribution >= 0.6 is 0 Å². The highest BCUT2D eigenvalue weighted by Crippen LogP contribution is 2.19. The quantitative estimate of drug-likeness (QED) is 0.199. The molecule has 3 nitrogen and oxygen atoms in total. The van der Waals surface area contributed by atoms with Crippen LogP contribution in [0.5, 0.6) is 0 Å². The molecule has 0 spiro atoms. The highest BCUT2D eigenvalue weighted by molar-refractivity contribution is 4.90. The molecule has 28 heavy (non-hydrogen) atoms. The molecule has 0 radical (unpaired) electrons. The summed E-state index contributed by atoms with van der Waals surface area (Å²) in [5.41, 5.74) is 0. The van der Waals surface area contributed by atoms with Crippen LogP contribution in [-0.4, -0.2) is 30.7 Å². The van der Waals surface area contributed by atoms with E-state index in [9.17, 15) is 0 Å². The lowest BCUT2D eigenvalue weighted by Crippen LogP contribution is -2.27. The van der Waals surface area contributed by atoms with Gasteiger partial charge in [0.1, 0.15) is 0 Å². The molecule has 1 fully saturated rings. The minimum atomic E-state index is 0.0176. The second-order valence-corrected chi connectivity index (χ2v) is 8.08. The molecule has 1 aliphatic rings. The van der Waals surface area contributed by atoms with E-state index in [0.29, 0.717) is 6.61 Å². The molecule has 1 heterocycles. The van der Waals surface area contributed by atoms with Gasteiger partial charge in [0.15, 0.2) is 6.29 Å². The van der Waals surface area contributed by atoms with Gasteiger partial charge in [-0.25, -0.2) is 0 Å². The summed E-state index contributed by atoms with van der Waals surface area (Å²) >= 11 is 0. The van der Waals surface area contributed by atoms with Gasteiger partial charge in [-0.1, -0.05) is 63.3 Å². The summed E-state index contributed by atoms with van der Waals surface area (Å²) in [6, 6.07) is 0. The third-order valence-corrected chi connectivity index (χ3v) is 5.34. The molecule has 0 aromatic rings. The predicted octanol–water partition coefficient (Wildman–Crippen LogP) is 7.09. The Bertz CT molecular complexity index is 372. The standard InChI is InChI=1S/C25H46O3/c1-2-3-19-24(28-25-21-16-18-23-27-25)20-15-13-11-9-7-5-4-6-8-10-12-14-17-22-26/h8,10,15,20,24-26H,2-7,9,11-14,16-19,21-23H2,1H3/b10-8-,20-15-/t24-,25?/m1/s1. The Hall–Kier alpha value is -0.640. The summed E-state index contributed by atoms with van der Waals surface area (Å²) in [7, 11) is 0. The smallest absolute Gasteiger partial charge is 0.158 e. The first-order chi connectivity index (χ1) is 13.9. The molecule has 1 unspecified atom stereocenters. The van der Waals surface area contributed by atoms with Gasteiger partial charge in [0.2, 0.25) is 0 Å².